The Morgan fingerprint density at radius 3 is 0.978 bits per heavy atom. The van der Waals surface area contributed by atoms with Gasteiger partial charge in [0.2, 0.25) is 0 Å². The van der Waals surface area contributed by atoms with Crippen LogP contribution in [0.5, 0.6) is 0 Å². The van der Waals surface area contributed by atoms with Gasteiger partial charge in [0.1, 0.15) is 0 Å². The van der Waals surface area contributed by atoms with Crippen molar-refractivity contribution in [2.24, 2.45) is 0 Å². The number of nitrogens with zero attached hydrogens (tertiary/aromatic N) is 2. The Balaban J connectivity index is -0.000000316. The Morgan fingerprint density at radius 1 is 0.630 bits per heavy atom. The SMILES string of the molecule is CC#N.CC#N.CC(C)(C)P(CP(C1CCCCC1)C1CCCCC1)C(C)(C)C.O=S(=O)([O-])C(F)(F)F.O=S(=O)([O-])C(F)(F)F.[Pd+2]. The molecule has 2 aliphatic rings. The topological polar surface area (TPSA) is 162 Å². The molecular weight excluding hydrogens is 795 g/mol. The fourth-order valence-corrected chi connectivity index (χ4v) is 16.2. The van der Waals surface area contributed by atoms with Gasteiger partial charge in [0.25, 0.3) is 0 Å². The summed E-state index contributed by atoms with van der Waals surface area (Å²) in [6.45, 7) is 18.0. The predicted molar refractivity (Wildman–Crippen MR) is 166 cm³/mol. The fraction of sp³-hybridized carbons (Fsp3) is 0.926. The number of alkyl halides is 6. The molecule has 2 fully saturated rings. The Kier molecular flexibility index (Phi) is 26.7. The molecule has 46 heavy (non-hydrogen) atoms. The number of rotatable bonds is 4. The summed E-state index contributed by atoms with van der Waals surface area (Å²) in [6.07, 6.45) is 15.4. The van der Waals surface area contributed by atoms with Gasteiger partial charge in [0.05, 0.1) is 12.1 Å². The first-order valence-electron chi connectivity index (χ1n) is 14.2. The maximum absolute atomic E-state index is 10.7. The van der Waals surface area contributed by atoms with Crippen molar-refractivity contribution in [3.63, 3.8) is 0 Å². The van der Waals surface area contributed by atoms with E-state index in [9.17, 15) is 26.3 Å². The van der Waals surface area contributed by atoms with Crippen molar-refractivity contribution in [1.82, 2.24) is 0 Å². The first kappa shape index (κ1) is 52.7. The largest absolute Gasteiger partial charge is 2.00 e. The molecule has 0 aliphatic heterocycles. The molecule has 0 saturated heterocycles. The number of halogens is 6. The maximum atomic E-state index is 10.7. The van der Waals surface area contributed by atoms with Gasteiger partial charge in [-0.1, -0.05) is 95.9 Å². The monoisotopic (exact) mass is 842 g/mol. The predicted octanol–water partition coefficient (Wildman–Crippen LogP) is 9.33. The van der Waals surface area contributed by atoms with Crippen LogP contribution in [0.1, 0.15) is 120 Å². The van der Waals surface area contributed by atoms with Crippen molar-refractivity contribution < 1.29 is 72.7 Å². The van der Waals surface area contributed by atoms with Crippen LogP contribution in [0.3, 0.4) is 0 Å². The molecule has 0 amide bonds. The molecule has 0 unspecified atom stereocenters. The number of nitriles is 2. The van der Waals surface area contributed by atoms with E-state index in [-0.39, 0.29) is 36.3 Å². The van der Waals surface area contributed by atoms with E-state index in [4.69, 9.17) is 36.5 Å². The van der Waals surface area contributed by atoms with Gasteiger partial charge >= 0.3 is 31.4 Å². The van der Waals surface area contributed by atoms with Crippen LogP contribution in [0.15, 0.2) is 0 Å². The molecule has 2 aliphatic carbocycles. The van der Waals surface area contributed by atoms with Crippen LogP contribution in [-0.2, 0) is 40.7 Å². The van der Waals surface area contributed by atoms with E-state index in [1.54, 1.807) is 43.7 Å². The molecule has 2 rings (SSSR count). The second kappa shape index (κ2) is 23.3. The van der Waals surface area contributed by atoms with E-state index in [1.807, 2.05) is 0 Å². The smallest absolute Gasteiger partial charge is 0.741 e. The van der Waals surface area contributed by atoms with Crippen LogP contribution in [0.25, 0.3) is 0 Å². The van der Waals surface area contributed by atoms with E-state index < -0.39 is 31.3 Å². The summed E-state index contributed by atoms with van der Waals surface area (Å²) < 4.78 is 118. The summed E-state index contributed by atoms with van der Waals surface area (Å²) in [7, 11) is -11.8. The van der Waals surface area contributed by atoms with Crippen LogP contribution >= 0.6 is 15.8 Å². The van der Waals surface area contributed by atoms with E-state index >= 15 is 0 Å². The minimum Gasteiger partial charge on any atom is -0.741 e. The molecule has 0 heterocycles. The molecule has 0 atom stereocenters. The number of hydrogen-bond donors (Lipinski definition) is 0. The molecule has 276 valence electrons. The molecule has 0 aromatic heterocycles. The average Bonchev–Trinajstić information content (AvgIpc) is 2.83. The van der Waals surface area contributed by atoms with Crippen molar-refractivity contribution in [3.05, 3.63) is 0 Å². The Bertz CT molecular complexity index is 1030. The van der Waals surface area contributed by atoms with Gasteiger partial charge in [-0.15, -0.1) is 0 Å². The maximum Gasteiger partial charge on any atom is 2.00 e. The Hall–Kier alpha value is -0.0977. The first-order valence-corrected chi connectivity index (χ1v) is 20.2. The Labute approximate surface area is 288 Å². The second-order valence-corrected chi connectivity index (χ2v) is 22.2. The summed E-state index contributed by atoms with van der Waals surface area (Å²) in [5, 5.41) is 15.7. The van der Waals surface area contributed by atoms with Crippen LogP contribution in [0, 0.1) is 22.7 Å². The molecule has 19 heteroatoms. The van der Waals surface area contributed by atoms with Gasteiger partial charge in [-0.2, -0.15) is 36.9 Å². The summed E-state index contributed by atoms with van der Waals surface area (Å²) in [5.41, 5.74) is -9.05. The zero-order valence-electron chi connectivity index (χ0n) is 27.6. The summed E-state index contributed by atoms with van der Waals surface area (Å²) in [5.74, 6) is 1.62. The molecule has 0 bridgehead atoms. The molecule has 0 aromatic carbocycles. The first-order chi connectivity index (χ1) is 20.0. The average molecular weight is 843 g/mol. The molecule has 2 saturated carbocycles. The van der Waals surface area contributed by atoms with Crippen molar-refractivity contribution in [2.75, 3.05) is 5.90 Å². The molecule has 8 nitrogen and oxygen atoms in total. The van der Waals surface area contributed by atoms with Gasteiger partial charge in [0.15, 0.2) is 20.2 Å². The van der Waals surface area contributed by atoms with Crippen LogP contribution in [-0.4, -0.2) is 64.5 Å². The third-order valence-corrected chi connectivity index (χ3v) is 16.3. The van der Waals surface area contributed by atoms with Crippen molar-refractivity contribution in [2.45, 2.75) is 152 Å². The van der Waals surface area contributed by atoms with Gasteiger partial charge in [-0.05, 0) is 53.2 Å². The van der Waals surface area contributed by atoms with E-state index in [0.717, 1.165) is 11.3 Å². The van der Waals surface area contributed by atoms with Gasteiger partial charge in [0, 0.05) is 13.8 Å². The quantitative estimate of drug-likeness (QED) is 0.0889. The van der Waals surface area contributed by atoms with Crippen LogP contribution < -0.4 is 0 Å². The third kappa shape index (κ3) is 24.1. The minimum atomic E-state index is -6.09. The molecule has 0 radical (unpaired) electrons. The molecule has 0 N–H and O–H groups in total. The van der Waals surface area contributed by atoms with Crippen molar-refractivity contribution in [1.29, 1.82) is 10.5 Å². The molecule has 0 aromatic rings. The summed E-state index contributed by atoms with van der Waals surface area (Å²) in [4.78, 5) is 0. The normalized spacial score (nSPS) is 16.7. The third-order valence-electron chi connectivity index (χ3n) is 6.58. The van der Waals surface area contributed by atoms with Gasteiger partial charge in [-0.3, -0.25) is 0 Å². The van der Waals surface area contributed by atoms with E-state index in [0.29, 0.717) is 10.3 Å². The summed E-state index contributed by atoms with van der Waals surface area (Å²) >= 11 is 0. The standard InChI is InChI=1S/C21H42P2.2C2H3N.2CHF3O3S.Pd/c1-20(2,3)23(21(4,5)6)17-22(18-13-9-7-10-14-18)19-15-11-8-12-16-19;2*1-2-3;2*2-1(3,4)8(5,6)7;/h18-19H,7-17H2,1-6H3;2*1H3;2*(H,5,6,7);/q;;;;;+2/p-2. The van der Waals surface area contributed by atoms with Crippen LogP contribution in [0.4, 0.5) is 26.3 Å². The minimum absolute atomic E-state index is 0. The van der Waals surface area contributed by atoms with E-state index in [1.165, 1.54) is 52.4 Å². The van der Waals surface area contributed by atoms with Crippen LogP contribution in [0.2, 0.25) is 0 Å². The van der Waals surface area contributed by atoms with Crippen molar-refractivity contribution >= 4 is 36.1 Å². The number of hydrogen-bond acceptors (Lipinski definition) is 8. The van der Waals surface area contributed by atoms with Crippen molar-refractivity contribution in [3.8, 4) is 12.1 Å². The molecular formula is C27H48F6N2O6P2PdS2. The van der Waals surface area contributed by atoms with Gasteiger partial charge in [-0.25, -0.2) is 16.8 Å². The fourth-order valence-electron chi connectivity index (χ4n) is 4.95. The zero-order chi connectivity index (χ0) is 36.5. The second-order valence-electron chi connectivity index (χ2n) is 12.3. The summed E-state index contributed by atoms with van der Waals surface area (Å²) in [6, 6.07) is 3.50. The zero-order valence-corrected chi connectivity index (χ0v) is 32.5. The van der Waals surface area contributed by atoms with E-state index in [2.05, 4.69) is 41.5 Å². The van der Waals surface area contributed by atoms with Gasteiger partial charge < -0.3 is 9.11 Å². The Morgan fingerprint density at radius 2 is 0.826 bits per heavy atom. The molecule has 0 spiro atoms.